The van der Waals surface area contributed by atoms with Gasteiger partial charge in [0.15, 0.2) is 6.10 Å². The fourth-order valence-electron chi connectivity index (χ4n) is 2.24. The highest BCUT2D eigenvalue weighted by Gasteiger charge is 2.16. The Bertz CT molecular complexity index is 677. The maximum Gasteiger partial charge on any atom is 0.265 e. The average Bonchev–Trinajstić information content (AvgIpc) is 2.42. The lowest BCUT2D eigenvalue weighted by molar-refractivity contribution is -0.122. The van der Waals surface area contributed by atoms with E-state index in [0.29, 0.717) is 16.5 Å². The molecule has 4 heteroatoms. The van der Waals surface area contributed by atoms with Crippen LogP contribution >= 0.6 is 11.6 Å². The molecule has 2 aromatic carbocycles. The Morgan fingerprint density at radius 2 is 1.77 bits per heavy atom. The van der Waals surface area contributed by atoms with Gasteiger partial charge in [0.25, 0.3) is 5.91 Å². The van der Waals surface area contributed by atoms with E-state index >= 15 is 0 Å². The Morgan fingerprint density at radius 3 is 2.41 bits per heavy atom. The van der Waals surface area contributed by atoms with E-state index < -0.39 is 6.10 Å². The van der Waals surface area contributed by atoms with E-state index in [-0.39, 0.29) is 5.91 Å². The maximum atomic E-state index is 12.3. The summed E-state index contributed by atoms with van der Waals surface area (Å²) in [4.78, 5) is 12.3. The van der Waals surface area contributed by atoms with Crippen molar-refractivity contribution in [3.8, 4) is 5.75 Å². The first-order valence-electron chi connectivity index (χ1n) is 7.18. The molecule has 2 aromatic rings. The third-order valence-electron chi connectivity index (χ3n) is 3.40. The summed E-state index contributed by atoms with van der Waals surface area (Å²) in [7, 11) is 0. The highest BCUT2D eigenvalue weighted by molar-refractivity contribution is 6.31. The Kier molecular flexibility index (Phi) is 5.09. The Morgan fingerprint density at radius 1 is 1.14 bits per heavy atom. The first-order chi connectivity index (χ1) is 10.4. The van der Waals surface area contributed by atoms with E-state index in [1.165, 1.54) is 0 Å². The zero-order chi connectivity index (χ0) is 16.3. The van der Waals surface area contributed by atoms with Gasteiger partial charge in [0.1, 0.15) is 5.75 Å². The second-order valence-electron chi connectivity index (χ2n) is 5.49. The number of carbonyl (C=O) groups is 1. The summed E-state index contributed by atoms with van der Waals surface area (Å²) in [5.41, 5.74) is 3.76. The minimum atomic E-state index is -0.598. The van der Waals surface area contributed by atoms with Crippen LogP contribution in [0, 0.1) is 20.8 Å². The van der Waals surface area contributed by atoms with Crippen molar-refractivity contribution >= 4 is 23.2 Å². The van der Waals surface area contributed by atoms with Crippen LogP contribution in [0.2, 0.25) is 5.02 Å². The Hall–Kier alpha value is -2.00. The van der Waals surface area contributed by atoms with Crippen LogP contribution in [0.5, 0.6) is 5.75 Å². The molecule has 0 aliphatic heterocycles. The molecular weight excluding hydrogens is 298 g/mol. The number of halogens is 1. The second kappa shape index (κ2) is 6.84. The van der Waals surface area contributed by atoms with E-state index in [0.717, 1.165) is 16.7 Å². The summed E-state index contributed by atoms with van der Waals surface area (Å²) < 4.78 is 5.74. The Balaban J connectivity index is 2.07. The van der Waals surface area contributed by atoms with E-state index in [1.54, 1.807) is 19.1 Å². The summed E-state index contributed by atoms with van der Waals surface area (Å²) in [6, 6.07) is 11.3. The van der Waals surface area contributed by atoms with Gasteiger partial charge in [-0.1, -0.05) is 23.7 Å². The van der Waals surface area contributed by atoms with E-state index in [1.807, 2.05) is 39.0 Å². The van der Waals surface area contributed by atoms with Crippen LogP contribution in [0.4, 0.5) is 5.69 Å². The fourth-order valence-corrected chi connectivity index (χ4v) is 2.41. The summed E-state index contributed by atoms with van der Waals surface area (Å²) in [6.45, 7) is 7.60. The number of amides is 1. The van der Waals surface area contributed by atoms with Crippen LogP contribution in [-0.4, -0.2) is 12.0 Å². The van der Waals surface area contributed by atoms with Gasteiger partial charge in [0.2, 0.25) is 0 Å². The van der Waals surface area contributed by atoms with Gasteiger partial charge in [-0.2, -0.15) is 0 Å². The van der Waals surface area contributed by atoms with Gasteiger partial charge in [-0.05, 0) is 68.7 Å². The molecule has 0 saturated carbocycles. The molecule has 0 aliphatic carbocycles. The van der Waals surface area contributed by atoms with Crippen molar-refractivity contribution in [1.29, 1.82) is 0 Å². The molecular formula is C18H20ClNO2. The smallest absolute Gasteiger partial charge is 0.265 e. The minimum Gasteiger partial charge on any atom is -0.481 e. The third kappa shape index (κ3) is 4.01. The second-order valence-corrected chi connectivity index (χ2v) is 5.89. The molecule has 1 amide bonds. The van der Waals surface area contributed by atoms with Gasteiger partial charge in [-0.15, -0.1) is 0 Å². The van der Waals surface area contributed by atoms with Crippen molar-refractivity contribution in [2.24, 2.45) is 0 Å². The first kappa shape index (κ1) is 16.4. The molecule has 0 aromatic heterocycles. The molecule has 3 nitrogen and oxygen atoms in total. The van der Waals surface area contributed by atoms with Gasteiger partial charge in [0, 0.05) is 10.7 Å². The Labute approximate surface area is 136 Å². The van der Waals surface area contributed by atoms with Crippen LogP contribution in [0.25, 0.3) is 0 Å². The van der Waals surface area contributed by atoms with Crippen molar-refractivity contribution in [2.45, 2.75) is 33.8 Å². The van der Waals surface area contributed by atoms with Crippen LogP contribution in [-0.2, 0) is 4.79 Å². The molecule has 0 spiro atoms. The molecule has 1 atom stereocenters. The van der Waals surface area contributed by atoms with Gasteiger partial charge >= 0.3 is 0 Å². The van der Waals surface area contributed by atoms with Crippen LogP contribution in [0.15, 0.2) is 36.4 Å². The third-order valence-corrected chi connectivity index (χ3v) is 3.81. The van der Waals surface area contributed by atoms with Crippen molar-refractivity contribution < 1.29 is 9.53 Å². The summed E-state index contributed by atoms with van der Waals surface area (Å²) in [6.07, 6.45) is -0.598. The van der Waals surface area contributed by atoms with Crippen molar-refractivity contribution in [3.63, 3.8) is 0 Å². The summed E-state index contributed by atoms with van der Waals surface area (Å²) >= 11 is 6.06. The highest BCUT2D eigenvalue weighted by atomic mass is 35.5. The topological polar surface area (TPSA) is 38.3 Å². The van der Waals surface area contributed by atoms with Crippen molar-refractivity contribution in [3.05, 3.63) is 58.1 Å². The van der Waals surface area contributed by atoms with Crippen molar-refractivity contribution in [2.75, 3.05) is 5.32 Å². The predicted octanol–water partition coefficient (Wildman–Crippen LogP) is 4.67. The number of carbonyl (C=O) groups excluding carboxylic acids is 1. The molecule has 0 aliphatic rings. The monoisotopic (exact) mass is 317 g/mol. The number of anilines is 1. The number of rotatable bonds is 4. The van der Waals surface area contributed by atoms with Gasteiger partial charge < -0.3 is 10.1 Å². The van der Waals surface area contributed by atoms with Crippen LogP contribution in [0.3, 0.4) is 0 Å². The zero-order valence-corrected chi connectivity index (χ0v) is 14.0. The molecule has 0 radical (unpaired) electrons. The van der Waals surface area contributed by atoms with E-state index in [9.17, 15) is 4.79 Å². The van der Waals surface area contributed by atoms with Gasteiger partial charge in [-0.3, -0.25) is 4.79 Å². The number of aryl methyl sites for hydroxylation is 2. The lowest BCUT2D eigenvalue weighted by Crippen LogP contribution is -2.30. The lowest BCUT2D eigenvalue weighted by Gasteiger charge is -2.17. The number of hydrogen-bond donors (Lipinski definition) is 1. The van der Waals surface area contributed by atoms with Crippen molar-refractivity contribution in [1.82, 2.24) is 0 Å². The van der Waals surface area contributed by atoms with Crippen LogP contribution in [0.1, 0.15) is 23.6 Å². The number of ether oxygens (including phenoxy) is 1. The number of hydrogen-bond acceptors (Lipinski definition) is 2. The molecule has 0 fully saturated rings. The molecule has 1 unspecified atom stereocenters. The fraction of sp³-hybridized carbons (Fsp3) is 0.278. The zero-order valence-electron chi connectivity index (χ0n) is 13.2. The lowest BCUT2D eigenvalue weighted by atomic mass is 10.1. The normalized spacial score (nSPS) is 11.9. The van der Waals surface area contributed by atoms with Gasteiger partial charge in [-0.25, -0.2) is 0 Å². The molecule has 0 saturated heterocycles. The standard InChI is InChI=1S/C18H20ClNO2/c1-11-8-12(2)10-15(9-11)22-14(4)18(21)20-17-7-5-6-16(19)13(17)3/h5-10,14H,1-4H3,(H,20,21). The van der Waals surface area contributed by atoms with E-state index in [2.05, 4.69) is 11.4 Å². The average molecular weight is 318 g/mol. The highest BCUT2D eigenvalue weighted by Crippen LogP contribution is 2.23. The summed E-state index contributed by atoms with van der Waals surface area (Å²) in [5, 5.41) is 3.48. The first-order valence-corrected chi connectivity index (χ1v) is 7.55. The quantitative estimate of drug-likeness (QED) is 0.889. The number of nitrogens with one attached hydrogen (secondary N) is 1. The molecule has 0 bridgehead atoms. The number of benzene rings is 2. The molecule has 2 rings (SSSR count). The molecule has 116 valence electrons. The SMILES string of the molecule is Cc1cc(C)cc(OC(C)C(=O)Nc2cccc(Cl)c2C)c1. The molecule has 1 N–H and O–H groups in total. The van der Waals surface area contributed by atoms with E-state index in [4.69, 9.17) is 16.3 Å². The van der Waals surface area contributed by atoms with Gasteiger partial charge in [0.05, 0.1) is 0 Å². The molecule has 22 heavy (non-hydrogen) atoms. The minimum absolute atomic E-state index is 0.204. The molecule has 0 heterocycles. The largest absolute Gasteiger partial charge is 0.481 e. The van der Waals surface area contributed by atoms with Crippen LogP contribution < -0.4 is 10.1 Å². The summed E-state index contributed by atoms with van der Waals surface area (Å²) in [5.74, 6) is 0.493. The maximum absolute atomic E-state index is 12.3. The predicted molar refractivity (Wildman–Crippen MR) is 90.8 cm³/mol.